The van der Waals surface area contributed by atoms with Crippen molar-refractivity contribution in [1.82, 2.24) is 9.88 Å². The molecule has 1 heterocycles. The van der Waals surface area contributed by atoms with Crippen LogP contribution in [0.15, 0.2) is 54.9 Å². The number of nitrogens with one attached hydrogen (secondary N) is 1. The molecular formula is C15H17N3O. The molecular weight excluding hydrogens is 238 g/mol. The molecule has 2 rings (SSSR count). The minimum atomic E-state index is -0.0161. The third-order valence-corrected chi connectivity index (χ3v) is 2.65. The lowest BCUT2D eigenvalue weighted by Gasteiger charge is -2.16. The lowest BCUT2D eigenvalue weighted by Crippen LogP contribution is -2.29. The van der Waals surface area contributed by atoms with E-state index in [0.717, 1.165) is 11.3 Å². The number of amides is 1. The number of pyridine rings is 1. The number of rotatable bonds is 5. The van der Waals surface area contributed by atoms with E-state index in [9.17, 15) is 4.79 Å². The largest absolute Gasteiger partial charge is 0.325 e. The Morgan fingerprint density at radius 1 is 1.21 bits per heavy atom. The summed E-state index contributed by atoms with van der Waals surface area (Å²) in [6.07, 6.45) is 3.55. The molecule has 4 nitrogen and oxygen atoms in total. The van der Waals surface area contributed by atoms with Gasteiger partial charge in [0.05, 0.1) is 6.54 Å². The van der Waals surface area contributed by atoms with Gasteiger partial charge in [0.25, 0.3) is 0 Å². The topological polar surface area (TPSA) is 45.2 Å². The average Bonchev–Trinajstić information content (AvgIpc) is 2.40. The first kappa shape index (κ1) is 13.2. The summed E-state index contributed by atoms with van der Waals surface area (Å²) >= 11 is 0. The van der Waals surface area contributed by atoms with E-state index in [1.54, 1.807) is 6.20 Å². The first-order chi connectivity index (χ1) is 9.24. The van der Waals surface area contributed by atoms with Crippen molar-refractivity contribution in [3.05, 3.63) is 60.4 Å². The van der Waals surface area contributed by atoms with Crippen LogP contribution in [0.3, 0.4) is 0 Å². The van der Waals surface area contributed by atoms with Gasteiger partial charge in [-0.05, 0) is 30.8 Å². The molecule has 0 atom stereocenters. The highest BCUT2D eigenvalue weighted by Crippen LogP contribution is 2.05. The van der Waals surface area contributed by atoms with Gasteiger partial charge in [0.15, 0.2) is 0 Å². The van der Waals surface area contributed by atoms with Crippen molar-refractivity contribution in [2.45, 2.75) is 6.54 Å². The summed E-state index contributed by atoms with van der Waals surface area (Å²) in [6.45, 7) is 1.06. The number of benzene rings is 1. The number of likely N-dealkylation sites (N-methyl/N-ethyl adjacent to an activating group) is 1. The van der Waals surface area contributed by atoms with Crippen molar-refractivity contribution in [2.24, 2.45) is 0 Å². The van der Waals surface area contributed by atoms with Crippen LogP contribution in [-0.4, -0.2) is 29.4 Å². The van der Waals surface area contributed by atoms with E-state index in [2.05, 4.69) is 10.3 Å². The fourth-order valence-electron chi connectivity index (χ4n) is 1.83. The Bertz CT molecular complexity index is 513. The zero-order valence-electron chi connectivity index (χ0n) is 10.9. The molecule has 4 heteroatoms. The highest BCUT2D eigenvalue weighted by molar-refractivity contribution is 5.92. The molecule has 0 unspecified atom stereocenters. The molecule has 0 aliphatic heterocycles. The highest BCUT2D eigenvalue weighted by Gasteiger charge is 2.07. The maximum absolute atomic E-state index is 11.8. The predicted octanol–water partition coefficient (Wildman–Crippen LogP) is 2.15. The maximum Gasteiger partial charge on any atom is 0.238 e. The van der Waals surface area contributed by atoms with Crippen molar-refractivity contribution in [3.63, 3.8) is 0 Å². The van der Waals surface area contributed by atoms with Crippen molar-refractivity contribution in [1.29, 1.82) is 0 Å². The number of anilines is 1. The molecule has 0 spiro atoms. The Morgan fingerprint density at radius 3 is 2.68 bits per heavy atom. The fourth-order valence-corrected chi connectivity index (χ4v) is 1.83. The lowest BCUT2D eigenvalue weighted by molar-refractivity contribution is -0.117. The van der Waals surface area contributed by atoms with Crippen LogP contribution in [0.1, 0.15) is 5.56 Å². The number of aromatic nitrogens is 1. The van der Waals surface area contributed by atoms with Crippen LogP contribution >= 0.6 is 0 Å². The SMILES string of the molecule is CN(CC(=O)Nc1ccccc1)Cc1cccnc1. The van der Waals surface area contributed by atoms with E-state index in [4.69, 9.17) is 0 Å². The van der Waals surface area contributed by atoms with Crippen LogP contribution in [0, 0.1) is 0 Å². The molecule has 1 N–H and O–H groups in total. The van der Waals surface area contributed by atoms with Gasteiger partial charge in [0.1, 0.15) is 0 Å². The second kappa shape index (κ2) is 6.66. The second-order valence-electron chi connectivity index (χ2n) is 4.45. The first-order valence-corrected chi connectivity index (χ1v) is 6.16. The molecule has 0 radical (unpaired) electrons. The first-order valence-electron chi connectivity index (χ1n) is 6.16. The van der Waals surface area contributed by atoms with Gasteiger partial charge < -0.3 is 5.32 Å². The van der Waals surface area contributed by atoms with Gasteiger partial charge in [-0.1, -0.05) is 24.3 Å². The minimum absolute atomic E-state index is 0.0161. The molecule has 0 aliphatic carbocycles. The quantitative estimate of drug-likeness (QED) is 0.890. The summed E-state index contributed by atoms with van der Waals surface area (Å²) in [5, 5.41) is 2.86. The Kier molecular flexibility index (Phi) is 4.64. The van der Waals surface area contributed by atoms with Crippen molar-refractivity contribution in [2.75, 3.05) is 18.9 Å². The normalized spacial score (nSPS) is 10.4. The zero-order valence-corrected chi connectivity index (χ0v) is 10.9. The van der Waals surface area contributed by atoms with Crippen LogP contribution in [0.5, 0.6) is 0 Å². The Hall–Kier alpha value is -2.20. The minimum Gasteiger partial charge on any atom is -0.325 e. The highest BCUT2D eigenvalue weighted by atomic mass is 16.2. The van der Waals surface area contributed by atoms with Gasteiger partial charge in [-0.3, -0.25) is 14.7 Å². The molecule has 0 saturated carbocycles. The Balaban J connectivity index is 1.82. The lowest BCUT2D eigenvalue weighted by atomic mass is 10.2. The number of hydrogen-bond donors (Lipinski definition) is 1. The van der Waals surface area contributed by atoms with Crippen molar-refractivity contribution in [3.8, 4) is 0 Å². The third kappa shape index (κ3) is 4.52. The Labute approximate surface area is 113 Å². The van der Waals surface area contributed by atoms with E-state index < -0.39 is 0 Å². The molecule has 1 amide bonds. The zero-order chi connectivity index (χ0) is 13.5. The monoisotopic (exact) mass is 255 g/mol. The number of nitrogens with zero attached hydrogens (tertiary/aromatic N) is 2. The number of para-hydroxylation sites is 1. The molecule has 19 heavy (non-hydrogen) atoms. The summed E-state index contributed by atoms with van der Waals surface area (Å²) < 4.78 is 0. The second-order valence-corrected chi connectivity index (χ2v) is 4.45. The van der Waals surface area contributed by atoms with E-state index in [1.807, 2.05) is 60.6 Å². The van der Waals surface area contributed by atoms with Crippen molar-refractivity contribution < 1.29 is 4.79 Å². The van der Waals surface area contributed by atoms with E-state index in [0.29, 0.717) is 13.1 Å². The van der Waals surface area contributed by atoms with Crippen molar-refractivity contribution >= 4 is 11.6 Å². The third-order valence-electron chi connectivity index (χ3n) is 2.65. The van der Waals surface area contributed by atoms with Crippen LogP contribution in [-0.2, 0) is 11.3 Å². The fraction of sp³-hybridized carbons (Fsp3) is 0.200. The van der Waals surface area contributed by atoms with Gasteiger partial charge in [0, 0.05) is 24.6 Å². The smallest absolute Gasteiger partial charge is 0.238 e. The molecule has 0 saturated heterocycles. The standard InChI is InChI=1S/C15H17N3O/c1-18(11-13-6-5-9-16-10-13)12-15(19)17-14-7-3-2-4-8-14/h2-10H,11-12H2,1H3,(H,17,19). The molecule has 1 aromatic carbocycles. The molecule has 2 aromatic rings. The van der Waals surface area contributed by atoms with Gasteiger partial charge in [-0.25, -0.2) is 0 Å². The molecule has 0 aliphatic rings. The molecule has 0 fully saturated rings. The van der Waals surface area contributed by atoms with Gasteiger partial charge in [-0.2, -0.15) is 0 Å². The summed E-state index contributed by atoms with van der Waals surface area (Å²) in [7, 11) is 1.91. The van der Waals surface area contributed by atoms with Gasteiger partial charge >= 0.3 is 0 Å². The van der Waals surface area contributed by atoms with E-state index in [1.165, 1.54) is 0 Å². The summed E-state index contributed by atoms with van der Waals surface area (Å²) in [6, 6.07) is 13.4. The molecule has 0 bridgehead atoms. The van der Waals surface area contributed by atoms with Crippen LogP contribution in [0.2, 0.25) is 0 Å². The van der Waals surface area contributed by atoms with Crippen LogP contribution in [0.4, 0.5) is 5.69 Å². The number of carbonyl (C=O) groups is 1. The van der Waals surface area contributed by atoms with Gasteiger partial charge in [-0.15, -0.1) is 0 Å². The summed E-state index contributed by atoms with van der Waals surface area (Å²) in [4.78, 5) is 17.9. The average molecular weight is 255 g/mol. The van der Waals surface area contributed by atoms with E-state index >= 15 is 0 Å². The van der Waals surface area contributed by atoms with Gasteiger partial charge in [0.2, 0.25) is 5.91 Å². The maximum atomic E-state index is 11.8. The predicted molar refractivity (Wildman–Crippen MR) is 75.6 cm³/mol. The van der Waals surface area contributed by atoms with E-state index in [-0.39, 0.29) is 5.91 Å². The summed E-state index contributed by atoms with van der Waals surface area (Å²) in [5.41, 5.74) is 1.92. The molecule has 1 aromatic heterocycles. The number of carbonyl (C=O) groups excluding carboxylic acids is 1. The van der Waals surface area contributed by atoms with Crippen LogP contribution < -0.4 is 5.32 Å². The Morgan fingerprint density at radius 2 is 2.00 bits per heavy atom. The molecule has 98 valence electrons. The van der Waals surface area contributed by atoms with Crippen LogP contribution in [0.25, 0.3) is 0 Å². The number of hydrogen-bond acceptors (Lipinski definition) is 3. The summed E-state index contributed by atoms with van der Waals surface area (Å²) in [5.74, 6) is -0.0161.